The maximum atomic E-state index is 5.51. The molecule has 2 N–H and O–H groups in total. The third kappa shape index (κ3) is 2.79. The lowest BCUT2D eigenvalue weighted by molar-refractivity contribution is 0.0130. The standard InChI is InChI=1S/C11H19N3O/c1-8-5-11(3-4-15-8)12-6-10-7-13-14-9(10)2/h7-8,11-12H,3-6H2,1-2H3,(H,13,14). The molecule has 2 rings (SSSR count). The van der Waals surface area contributed by atoms with Gasteiger partial charge in [0.15, 0.2) is 0 Å². The van der Waals surface area contributed by atoms with Gasteiger partial charge < -0.3 is 10.1 Å². The smallest absolute Gasteiger partial charge is 0.0561 e. The lowest BCUT2D eigenvalue weighted by Gasteiger charge is -2.28. The molecule has 1 fully saturated rings. The van der Waals surface area contributed by atoms with E-state index in [0.717, 1.165) is 31.7 Å². The molecule has 1 aromatic heterocycles. The summed E-state index contributed by atoms with van der Waals surface area (Å²) in [6, 6.07) is 0.586. The summed E-state index contributed by atoms with van der Waals surface area (Å²) < 4.78 is 5.51. The van der Waals surface area contributed by atoms with Crippen LogP contribution >= 0.6 is 0 Å². The molecule has 2 unspecified atom stereocenters. The highest BCUT2D eigenvalue weighted by Gasteiger charge is 2.18. The second-order valence-corrected chi connectivity index (χ2v) is 4.30. The minimum absolute atomic E-state index is 0.390. The lowest BCUT2D eigenvalue weighted by atomic mass is 10.0. The maximum absolute atomic E-state index is 5.51. The molecular weight excluding hydrogens is 190 g/mol. The van der Waals surface area contributed by atoms with E-state index in [1.807, 2.05) is 6.20 Å². The summed E-state index contributed by atoms with van der Waals surface area (Å²) in [7, 11) is 0. The minimum Gasteiger partial charge on any atom is -0.378 e. The van der Waals surface area contributed by atoms with E-state index in [4.69, 9.17) is 4.74 Å². The van der Waals surface area contributed by atoms with E-state index in [9.17, 15) is 0 Å². The first kappa shape index (κ1) is 10.6. The highest BCUT2D eigenvalue weighted by molar-refractivity contribution is 5.13. The fourth-order valence-corrected chi connectivity index (χ4v) is 1.99. The number of aromatic nitrogens is 2. The molecule has 4 heteroatoms. The van der Waals surface area contributed by atoms with E-state index >= 15 is 0 Å². The SMILES string of the molecule is Cc1[nH]ncc1CNC1CCOC(C)C1. The van der Waals surface area contributed by atoms with Crippen LogP contribution in [0.15, 0.2) is 6.20 Å². The second-order valence-electron chi connectivity index (χ2n) is 4.30. The predicted octanol–water partition coefficient (Wildman–Crippen LogP) is 1.38. The molecular formula is C11H19N3O. The maximum Gasteiger partial charge on any atom is 0.0561 e. The van der Waals surface area contributed by atoms with Crippen molar-refractivity contribution in [2.75, 3.05) is 6.61 Å². The summed E-state index contributed by atoms with van der Waals surface area (Å²) in [4.78, 5) is 0. The van der Waals surface area contributed by atoms with Crippen molar-refractivity contribution in [1.82, 2.24) is 15.5 Å². The zero-order valence-corrected chi connectivity index (χ0v) is 9.42. The summed E-state index contributed by atoms with van der Waals surface area (Å²) in [6.07, 6.45) is 4.50. The van der Waals surface area contributed by atoms with Gasteiger partial charge in [0, 0.05) is 30.5 Å². The van der Waals surface area contributed by atoms with Gasteiger partial charge in [0.1, 0.15) is 0 Å². The average molecular weight is 209 g/mol. The van der Waals surface area contributed by atoms with Crippen LogP contribution in [-0.2, 0) is 11.3 Å². The first-order valence-corrected chi connectivity index (χ1v) is 5.59. The van der Waals surface area contributed by atoms with E-state index in [1.165, 1.54) is 5.56 Å². The van der Waals surface area contributed by atoms with Crippen LogP contribution in [-0.4, -0.2) is 29.0 Å². The van der Waals surface area contributed by atoms with Crippen LogP contribution in [0.2, 0.25) is 0 Å². The number of aryl methyl sites for hydroxylation is 1. The van der Waals surface area contributed by atoms with Crippen LogP contribution in [0.1, 0.15) is 31.0 Å². The van der Waals surface area contributed by atoms with E-state index in [2.05, 4.69) is 29.4 Å². The first-order chi connectivity index (χ1) is 7.25. The van der Waals surface area contributed by atoms with E-state index in [1.54, 1.807) is 0 Å². The van der Waals surface area contributed by atoms with Crippen LogP contribution < -0.4 is 5.32 Å². The molecule has 4 nitrogen and oxygen atoms in total. The van der Waals surface area contributed by atoms with Gasteiger partial charge in [-0.15, -0.1) is 0 Å². The highest BCUT2D eigenvalue weighted by atomic mass is 16.5. The topological polar surface area (TPSA) is 49.9 Å². The van der Waals surface area contributed by atoms with Gasteiger partial charge in [0.2, 0.25) is 0 Å². The van der Waals surface area contributed by atoms with Gasteiger partial charge in [0.25, 0.3) is 0 Å². The number of ether oxygens (including phenoxy) is 1. The number of hydrogen-bond donors (Lipinski definition) is 2. The van der Waals surface area contributed by atoms with Crippen molar-refractivity contribution < 1.29 is 4.74 Å². The molecule has 0 saturated carbocycles. The zero-order valence-electron chi connectivity index (χ0n) is 9.42. The Hall–Kier alpha value is -0.870. The number of aromatic amines is 1. The summed E-state index contributed by atoms with van der Waals surface area (Å²) in [5.41, 5.74) is 2.41. The number of nitrogens with one attached hydrogen (secondary N) is 2. The van der Waals surface area contributed by atoms with Gasteiger partial charge in [0.05, 0.1) is 12.3 Å². The summed E-state index contributed by atoms with van der Waals surface area (Å²) in [6.45, 7) is 5.97. The Morgan fingerprint density at radius 2 is 2.53 bits per heavy atom. The number of rotatable bonds is 3. The molecule has 0 bridgehead atoms. The molecule has 0 spiro atoms. The summed E-state index contributed by atoms with van der Waals surface area (Å²) in [5, 5.41) is 10.5. The molecule has 84 valence electrons. The largest absolute Gasteiger partial charge is 0.378 e. The number of hydrogen-bond acceptors (Lipinski definition) is 3. The fraction of sp³-hybridized carbons (Fsp3) is 0.727. The molecule has 0 aliphatic carbocycles. The summed E-state index contributed by atoms with van der Waals surface area (Å²) >= 11 is 0. The minimum atomic E-state index is 0.390. The third-order valence-electron chi connectivity index (χ3n) is 3.00. The van der Waals surface area contributed by atoms with Crippen molar-refractivity contribution in [2.45, 2.75) is 45.4 Å². The van der Waals surface area contributed by atoms with Gasteiger partial charge in [-0.3, -0.25) is 5.10 Å². The molecule has 2 atom stereocenters. The Morgan fingerprint density at radius 1 is 1.67 bits per heavy atom. The molecule has 0 amide bonds. The Bertz CT molecular complexity index is 311. The fourth-order valence-electron chi connectivity index (χ4n) is 1.99. The van der Waals surface area contributed by atoms with Gasteiger partial charge in [-0.25, -0.2) is 0 Å². The van der Waals surface area contributed by atoms with Gasteiger partial charge >= 0.3 is 0 Å². The van der Waals surface area contributed by atoms with Crippen molar-refractivity contribution in [2.24, 2.45) is 0 Å². The number of nitrogens with zero attached hydrogens (tertiary/aromatic N) is 1. The Morgan fingerprint density at radius 3 is 3.20 bits per heavy atom. The highest BCUT2D eigenvalue weighted by Crippen LogP contribution is 2.14. The van der Waals surface area contributed by atoms with Crippen molar-refractivity contribution in [3.8, 4) is 0 Å². The van der Waals surface area contributed by atoms with Crippen molar-refractivity contribution in [3.05, 3.63) is 17.5 Å². The molecule has 1 aliphatic heterocycles. The van der Waals surface area contributed by atoms with E-state index in [0.29, 0.717) is 12.1 Å². The molecule has 1 saturated heterocycles. The van der Waals surface area contributed by atoms with Crippen molar-refractivity contribution in [1.29, 1.82) is 0 Å². The van der Waals surface area contributed by atoms with Gasteiger partial charge in [-0.05, 0) is 26.7 Å². The normalized spacial score (nSPS) is 26.8. The van der Waals surface area contributed by atoms with E-state index in [-0.39, 0.29) is 0 Å². The Balaban J connectivity index is 1.80. The van der Waals surface area contributed by atoms with Crippen molar-refractivity contribution in [3.63, 3.8) is 0 Å². The zero-order chi connectivity index (χ0) is 10.7. The first-order valence-electron chi connectivity index (χ1n) is 5.59. The van der Waals surface area contributed by atoms with Crippen LogP contribution in [0.25, 0.3) is 0 Å². The molecule has 15 heavy (non-hydrogen) atoms. The predicted molar refractivity (Wildman–Crippen MR) is 58.6 cm³/mol. The lowest BCUT2D eigenvalue weighted by Crippen LogP contribution is -2.37. The monoisotopic (exact) mass is 209 g/mol. The van der Waals surface area contributed by atoms with Crippen molar-refractivity contribution >= 4 is 0 Å². The average Bonchev–Trinajstić information content (AvgIpc) is 2.61. The quantitative estimate of drug-likeness (QED) is 0.790. The Kier molecular flexibility index (Phi) is 3.38. The van der Waals surface area contributed by atoms with Gasteiger partial charge in [-0.2, -0.15) is 5.10 Å². The van der Waals surface area contributed by atoms with Crippen LogP contribution in [0, 0.1) is 6.92 Å². The van der Waals surface area contributed by atoms with Crippen LogP contribution in [0.5, 0.6) is 0 Å². The third-order valence-corrected chi connectivity index (χ3v) is 3.00. The van der Waals surface area contributed by atoms with Gasteiger partial charge in [-0.1, -0.05) is 0 Å². The van der Waals surface area contributed by atoms with Crippen LogP contribution in [0.3, 0.4) is 0 Å². The van der Waals surface area contributed by atoms with E-state index < -0.39 is 0 Å². The number of H-pyrrole nitrogens is 1. The second kappa shape index (κ2) is 4.77. The van der Waals surface area contributed by atoms with Crippen LogP contribution in [0.4, 0.5) is 0 Å². The Labute approximate surface area is 90.4 Å². The molecule has 1 aliphatic rings. The molecule has 1 aromatic rings. The molecule has 2 heterocycles. The molecule has 0 aromatic carbocycles. The molecule has 0 radical (unpaired) electrons. The summed E-state index contributed by atoms with van der Waals surface area (Å²) in [5.74, 6) is 0.